The number of carbonyl (C=O) groups is 1. The number of phenolic OH excluding ortho intramolecular Hbond substituents is 1. The van der Waals surface area contributed by atoms with E-state index in [4.69, 9.17) is 0 Å². The zero-order valence-corrected chi connectivity index (χ0v) is 15.0. The van der Waals surface area contributed by atoms with Gasteiger partial charge < -0.3 is 9.67 Å². The Kier molecular flexibility index (Phi) is 4.12. The number of hydrogen-bond acceptors (Lipinski definition) is 3. The number of para-hydroxylation sites is 2. The van der Waals surface area contributed by atoms with E-state index in [9.17, 15) is 9.90 Å². The minimum atomic E-state index is -0.108. The van der Waals surface area contributed by atoms with Crippen molar-refractivity contribution in [2.24, 2.45) is 0 Å². The minimum Gasteiger partial charge on any atom is -0.508 e. The second-order valence-corrected chi connectivity index (χ2v) is 6.37. The first-order chi connectivity index (χ1) is 13.1. The molecule has 1 N–H and O–H groups in total. The molecule has 0 aliphatic heterocycles. The Balaban J connectivity index is 1.85. The standard InChI is InChI=1S/C22H19N3O2/c1-3-14-24-18-6-4-5-7-19(18)25-22(24)21(15(2)23-25)20(27)13-10-16-8-11-17(26)12-9-16/h3-13,26H,1,14H2,2H3. The van der Waals surface area contributed by atoms with Crippen molar-refractivity contribution in [3.05, 3.63) is 84.1 Å². The fraction of sp³-hybridized carbons (Fsp3) is 0.0909. The van der Waals surface area contributed by atoms with Gasteiger partial charge in [0.15, 0.2) is 5.78 Å². The van der Waals surface area contributed by atoms with Crippen LogP contribution in [0, 0.1) is 6.92 Å². The number of carbonyl (C=O) groups excluding carboxylic acids is 1. The molecule has 0 saturated heterocycles. The summed E-state index contributed by atoms with van der Waals surface area (Å²) in [5, 5.41) is 14.0. The van der Waals surface area contributed by atoms with Crippen molar-refractivity contribution in [2.45, 2.75) is 13.5 Å². The molecule has 0 spiro atoms. The molecule has 0 bridgehead atoms. The molecule has 0 unspecified atom stereocenters. The lowest BCUT2D eigenvalue weighted by Crippen LogP contribution is -2.02. The molecule has 0 aliphatic carbocycles. The number of fused-ring (bicyclic) bond motifs is 3. The predicted molar refractivity (Wildman–Crippen MR) is 107 cm³/mol. The highest BCUT2D eigenvalue weighted by atomic mass is 16.3. The quantitative estimate of drug-likeness (QED) is 0.327. The normalized spacial score (nSPS) is 11.6. The van der Waals surface area contributed by atoms with Gasteiger partial charge in [0.25, 0.3) is 0 Å². The monoisotopic (exact) mass is 357 g/mol. The van der Waals surface area contributed by atoms with Crippen molar-refractivity contribution < 1.29 is 9.90 Å². The number of rotatable bonds is 5. The lowest BCUT2D eigenvalue weighted by Gasteiger charge is -2.03. The Morgan fingerprint density at radius 1 is 1.15 bits per heavy atom. The molecule has 2 aromatic heterocycles. The van der Waals surface area contributed by atoms with E-state index in [0.29, 0.717) is 17.8 Å². The molecule has 5 heteroatoms. The average Bonchev–Trinajstić information content (AvgIpc) is 3.16. The lowest BCUT2D eigenvalue weighted by atomic mass is 10.1. The van der Waals surface area contributed by atoms with Gasteiger partial charge in [0.2, 0.25) is 0 Å². The molecule has 5 nitrogen and oxygen atoms in total. The van der Waals surface area contributed by atoms with Crippen LogP contribution in [0.2, 0.25) is 0 Å². The molecule has 0 aliphatic rings. The molecule has 2 aromatic carbocycles. The van der Waals surface area contributed by atoms with Gasteiger partial charge in [0.1, 0.15) is 11.4 Å². The van der Waals surface area contributed by atoms with Crippen LogP contribution in [0.3, 0.4) is 0 Å². The number of phenols is 1. The first kappa shape index (κ1) is 16.8. The van der Waals surface area contributed by atoms with Crippen molar-refractivity contribution in [1.82, 2.24) is 14.2 Å². The Morgan fingerprint density at radius 2 is 1.85 bits per heavy atom. The number of aryl methyl sites for hydroxylation is 1. The van der Waals surface area contributed by atoms with E-state index in [1.165, 1.54) is 0 Å². The minimum absolute atomic E-state index is 0.108. The Labute approximate surface area is 156 Å². The lowest BCUT2D eigenvalue weighted by molar-refractivity contribution is 0.104. The SMILES string of the molecule is C=CCn1c2ccccc2n2nc(C)c(C(=O)C=Cc3ccc(O)cc3)c12. The molecule has 0 saturated carbocycles. The van der Waals surface area contributed by atoms with E-state index in [1.54, 1.807) is 36.4 Å². The first-order valence-electron chi connectivity index (χ1n) is 8.69. The molecule has 4 aromatic rings. The van der Waals surface area contributed by atoms with Crippen molar-refractivity contribution in [2.75, 3.05) is 0 Å². The summed E-state index contributed by atoms with van der Waals surface area (Å²) in [6.07, 6.45) is 5.10. The maximum Gasteiger partial charge on any atom is 0.191 e. The molecule has 0 atom stereocenters. The molecule has 4 rings (SSSR count). The number of aromatic nitrogens is 3. The van der Waals surface area contributed by atoms with Gasteiger partial charge in [-0.15, -0.1) is 6.58 Å². The number of imidazole rings is 1. The summed E-state index contributed by atoms with van der Waals surface area (Å²) in [4.78, 5) is 13.0. The zero-order chi connectivity index (χ0) is 19.0. The summed E-state index contributed by atoms with van der Waals surface area (Å²) in [6.45, 7) is 6.28. The van der Waals surface area contributed by atoms with Crippen molar-refractivity contribution in [1.29, 1.82) is 0 Å². The average molecular weight is 357 g/mol. The molecule has 0 fully saturated rings. The third-order valence-corrected chi connectivity index (χ3v) is 4.57. The highest BCUT2D eigenvalue weighted by molar-refractivity contribution is 6.12. The van der Waals surface area contributed by atoms with Crippen LogP contribution in [0.4, 0.5) is 0 Å². The van der Waals surface area contributed by atoms with Crippen molar-refractivity contribution >= 4 is 28.5 Å². The van der Waals surface area contributed by atoms with Gasteiger partial charge in [0.05, 0.1) is 22.3 Å². The highest BCUT2D eigenvalue weighted by Gasteiger charge is 2.21. The highest BCUT2D eigenvalue weighted by Crippen LogP contribution is 2.26. The number of nitrogens with zero attached hydrogens (tertiary/aromatic N) is 3. The molecule has 134 valence electrons. The van der Waals surface area contributed by atoms with Gasteiger partial charge in [-0.1, -0.05) is 36.4 Å². The third-order valence-electron chi connectivity index (χ3n) is 4.57. The summed E-state index contributed by atoms with van der Waals surface area (Å²) >= 11 is 0. The second kappa shape index (κ2) is 6.61. The third kappa shape index (κ3) is 2.83. The molecule has 0 radical (unpaired) electrons. The summed E-state index contributed by atoms with van der Waals surface area (Å²) in [5.41, 5.74) is 4.86. The molecule has 27 heavy (non-hydrogen) atoms. The van der Waals surface area contributed by atoms with E-state index in [2.05, 4.69) is 16.2 Å². The van der Waals surface area contributed by atoms with Gasteiger partial charge >= 0.3 is 0 Å². The van der Waals surface area contributed by atoms with Gasteiger partial charge in [-0.3, -0.25) is 4.79 Å². The van der Waals surface area contributed by atoms with Crippen LogP contribution < -0.4 is 0 Å². The van der Waals surface area contributed by atoms with Crippen LogP contribution in [0.15, 0.2) is 67.3 Å². The summed E-state index contributed by atoms with van der Waals surface area (Å²) in [7, 11) is 0. The van der Waals surface area contributed by atoms with Crippen molar-refractivity contribution in [3.8, 4) is 5.75 Å². The fourth-order valence-corrected chi connectivity index (χ4v) is 3.36. The number of allylic oxidation sites excluding steroid dienone is 2. The Hall–Kier alpha value is -3.60. The van der Waals surface area contributed by atoms with Crippen LogP contribution in [0.1, 0.15) is 21.6 Å². The van der Waals surface area contributed by atoms with Gasteiger partial charge in [-0.25, -0.2) is 4.52 Å². The van der Waals surface area contributed by atoms with E-state index in [-0.39, 0.29) is 11.5 Å². The van der Waals surface area contributed by atoms with E-state index >= 15 is 0 Å². The van der Waals surface area contributed by atoms with Crippen LogP contribution in [-0.2, 0) is 6.54 Å². The van der Waals surface area contributed by atoms with Crippen LogP contribution >= 0.6 is 0 Å². The van der Waals surface area contributed by atoms with Gasteiger partial charge in [-0.05, 0) is 42.8 Å². The zero-order valence-electron chi connectivity index (χ0n) is 15.0. The van der Waals surface area contributed by atoms with Crippen LogP contribution in [0.5, 0.6) is 5.75 Å². The van der Waals surface area contributed by atoms with Crippen molar-refractivity contribution in [3.63, 3.8) is 0 Å². The first-order valence-corrected chi connectivity index (χ1v) is 8.69. The largest absolute Gasteiger partial charge is 0.508 e. The van der Waals surface area contributed by atoms with Gasteiger partial charge in [0, 0.05) is 6.54 Å². The number of aromatic hydroxyl groups is 1. The van der Waals surface area contributed by atoms with Crippen LogP contribution in [0.25, 0.3) is 22.8 Å². The number of ketones is 1. The predicted octanol–water partition coefficient (Wildman–Crippen LogP) is 4.39. The molecule has 2 heterocycles. The summed E-state index contributed by atoms with van der Waals surface area (Å²) in [5.74, 6) is 0.0882. The topological polar surface area (TPSA) is 59.5 Å². The number of hydrogen-bond donors (Lipinski definition) is 1. The van der Waals surface area contributed by atoms with Gasteiger partial charge in [-0.2, -0.15) is 5.10 Å². The maximum absolute atomic E-state index is 13.0. The van der Waals surface area contributed by atoms with E-state index in [0.717, 1.165) is 22.2 Å². The molecular formula is C22H19N3O2. The second-order valence-electron chi connectivity index (χ2n) is 6.37. The van der Waals surface area contributed by atoms with E-state index < -0.39 is 0 Å². The Morgan fingerprint density at radius 3 is 2.56 bits per heavy atom. The van der Waals surface area contributed by atoms with E-state index in [1.807, 2.05) is 41.8 Å². The molecular weight excluding hydrogens is 338 g/mol. The Bertz CT molecular complexity index is 1190. The smallest absolute Gasteiger partial charge is 0.191 e. The fourth-order valence-electron chi connectivity index (χ4n) is 3.36. The summed E-state index contributed by atoms with van der Waals surface area (Å²) < 4.78 is 3.89. The number of benzene rings is 2. The molecule has 0 amide bonds. The maximum atomic E-state index is 13.0. The van der Waals surface area contributed by atoms with Crippen LogP contribution in [-0.4, -0.2) is 25.1 Å². The summed E-state index contributed by atoms with van der Waals surface area (Å²) in [6, 6.07) is 14.6.